The van der Waals surface area contributed by atoms with Crippen LogP contribution in [0.15, 0.2) is 77.4 Å². The van der Waals surface area contributed by atoms with Gasteiger partial charge in [0.25, 0.3) is 0 Å². The lowest BCUT2D eigenvalue weighted by molar-refractivity contribution is -0.143. The fourth-order valence-corrected chi connectivity index (χ4v) is 4.74. The third-order valence-corrected chi connectivity index (χ3v) is 6.23. The van der Waals surface area contributed by atoms with E-state index >= 15 is 0 Å². The Labute approximate surface area is 171 Å². The molecule has 1 atom stereocenters. The summed E-state index contributed by atoms with van der Waals surface area (Å²) in [6.45, 7) is 2.12. The third kappa shape index (κ3) is 4.08. The fourth-order valence-electron chi connectivity index (χ4n) is 2.83. The molecular weight excluding hydrogens is 388 g/mol. The van der Waals surface area contributed by atoms with Gasteiger partial charge in [0.2, 0.25) is 0 Å². The zero-order valence-corrected chi connectivity index (χ0v) is 16.9. The number of fused-ring (bicyclic) bond motifs is 1. The van der Waals surface area contributed by atoms with Crippen molar-refractivity contribution in [2.45, 2.75) is 23.8 Å². The van der Waals surface area contributed by atoms with Gasteiger partial charge in [0.1, 0.15) is 28.0 Å². The van der Waals surface area contributed by atoms with Gasteiger partial charge in [-0.25, -0.2) is 9.97 Å². The van der Waals surface area contributed by atoms with Crippen molar-refractivity contribution < 1.29 is 9.53 Å². The first-order chi connectivity index (χ1) is 13.7. The van der Waals surface area contributed by atoms with E-state index in [2.05, 4.69) is 27.5 Å². The van der Waals surface area contributed by atoms with Crippen LogP contribution in [0.3, 0.4) is 0 Å². The number of esters is 1. The maximum Gasteiger partial charge on any atom is 0.319 e. The maximum absolute atomic E-state index is 12.5. The van der Waals surface area contributed by atoms with E-state index < -0.39 is 0 Å². The van der Waals surface area contributed by atoms with E-state index in [1.54, 1.807) is 17.7 Å². The summed E-state index contributed by atoms with van der Waals surface area (Å²) in [5, 5.41) is 3.52. The minimum absolute atomic E-state index is 0.253. The average Bonchev–Trinajstić information content (AvgIpc) is 3.18. The Hall–Kier alpha value is -2.70. The third-order valence-electron chi connectivity index (χ3n) is 4.26. The number of carbonyl (C=O) groups excluding carboxylic acids is 1. The van der Waals surface area contributed by atoms with Crippen LogP contribution in [0, 0.1) is 0 Å². The molecule has 4 aromatic rings. The van der Waals surface area contributed by atoms with Crippen LogP contribution in [0.5, 0.6) is 0 Å². The van der Waals surface area contributed by atoms with E-state index in [-0.39, 0.29) is 17.8 Å². The molecule has 4 nitrogen and oxygen atoms in total. The van der Waals surface area contributed by atoms with Crippen LogP contribution in [0.1, 0.15) is 12.5 Å². The lowest BCUT2D eigenvalue weighted by Crippen LogP contribution is -2.17. The molecule has 0 unspecified atom stereocenters. The summed E-state index contributed by atoms with van der Waals surface area (Å²) in [7, 11) is 0. The molecule has 28 heavy (non-hydrogen) atoms. The summed E-state index contributed by atoms with van der Waals surface area (Å²) >= 11 is 3.00. The maximum atomic E-state index is 12.5. The monoisotopic (exact) mass is 406 g/mol. The highest BCUT2D eigenvalue weighted by Crippen LogP contribution is 2.39. The first-order valence-corrected chi connectivity index (χ1v) is 10.6. The Morgan fingerprint density at radius 2 is 1.79 bits per heavy atom. The number of thiophene rings is 1. The van der Waals surface area contributed by atoms with Crippen LogP contribution in [-0.4, -0.2) is 21.2 Å². The summed E-state index contributed by atoms with van der Waals surface area (Å²) in [6, 6.07) is 19.8. The number of carbonyl (C=O) groups is 1. The van der Waals surface area contributed by atoms with Gasteiger partial charge in [-0.1, -0.05) is 72.4 Å². The van der Waals surface area contributed by atoms with E-state index in [1.807, 2.05) is 55.5 Å². The van der Waals surface area contributed by atoms with Crippen molar-refractivity contribution in [1.29, 1.82) is 0 Å². The number of benzene rings is 2. The first-order valence-electron chi connectivity index (χ1n) is 8.87. The molecule has 6 heteroatoms. The molecule has 2 heterocycles. The van der Waals surface area contributed by atoms with Gasteiger partial charge < -0.3 is 4.74 Å². The lowest BCUT2D eigenvalue weighted by Gasteiger charge is -2.12. The van der Waals surface area contributed by atoms with Crippen LogP contribution in [-0.2, 0) is 16.1 Å². The van der Waals surface area contributed by atoms with Gasteiger partial charge >= 0.3 is 5.97 Å². The number of rotatable bonds is 6. The predicted molar refractivity (Wildman–Crippen MR) is 114 cm³/mol. The van der Waals surface area contributed by atoms with Crippen molar-refractivity contribution in [3.63, 3.8) is 0 Å². The minimum atomic E-state index is -0.370. The molecule has 4 rings (SSSR count). The number of nitrogens with zero attached hydrogens (tertiary/aromatic N) is 2. The van der Waals surface area contributed by atoms with E-state index in [4.69, 9.17) is 4.74 Å². The van der Waals surface area contributed by atoms with Crippen LogP contribution in [0.4, 0.5) is 0 Å². The molecule has 0 fully saturated rings. The molecule has 0 saturated heterocycles. The molecule has 0 spiro atoms. The zero-order chi connectivity index (χ0) is 19.3. The molecule has 0 aliphatic rings. The second-order valence-electron chi connectivity index (χ2n) is 6.23. The first kappa shape index (κ1) is 18.7. The van der Waals surface area contributed by atoms with Crippen LogP contribution in [0.25, 0.3) is 21.3 Å². The van der Waals surface area contributed by atoms with E-state index in [0.29, 0.717) is 0 Å². The molecule has 0 radical (unpaired) electrons. The van der Waals surface area contributed by atoms with Gasteiger partial charge in [0.05, 0.1) is 5.39 Å². The van der Waals surface area contributed by atoms with Gasteiger partial charge in [-0.3, -0.25) is 4.79 Å². The Morgan fingerprint density at radius 3 is 2.54 bits per heavy atom. The predicted octanol–water partition coefficient (Wildman–Crippen LogP) is 5.58. The molecule has 0 aliphatic heterocycles. The average molecular weight is 407 g/mol. The Morgan fingerprint density at radius 1 is 1.07 bits per heavy atom. The number of thioether (sulfide) groups is 1. The number of hydrogen-bond acceptors (Lipinski definition) is 6. The number of ether oxygens (including phenoxy) is 1. The molecular formula is C22H18N2O2S2. The van der Waals surface area contributed by atoms with Crippen molar-refractivity contribution in [2.24, 2.45) is 0 Å². The second kappa shape index (κ2) is 8.54. The number of hydrogen-bond donors (Lipinski definition) is 0. The van der Waals surface area contributed by atoms with Crippen molar-refractivity contribution in [1.82, 2.24) is 9.97 Å². The standard InChI is InChI=1S/C22H18N2O2S2/c1-15(22(25)26-12-16-8-4-2-5-9-16)28-21-19-18(17-10-6-3-7-11-17)13-27-20(19)23-14-24-21/h2-11,13-15H,12H2,1H3/t15-/m1/s1. The van der Waals surface area contributed by atoms with Crippen molar-refractivity contribution >= 4 is 39.3 Å². The van der Waals surface area contributed by atoms with E-state index in [1.165, 1.54) is 11.8 Å². The van der Waals surface area contributed by atoms with E-state index in [9.17, 15) is 4.79 Å². The van der Waals surface area contributed by atoms with Crippen molar-refractivity contribution in [3.8, 4) is 11.1 Å². The molecule has 0 saturated carbocycles. The molecule has 0 bridgehead atoms. The zero-order valence-electron chi connectivity index (χ0n) is 15.2. The Balaban J connectivity index is 1.54. The summed E-state index contributed by atoms with van der Waals surface area (Å²) in [5.41, 5.74) is 3.18. The highest BCUT2D eigenvalue weighted by molar-refractivity contribution is 8.00. The largest absolute Gasteiger partial charge is 0.460 e. The highest BCUT2D eigenvalue weighted by atomic mass is 32.2. The Bertz CT molecular complexity index is 1080. The molecule has 0 amide bonds. The van der Waals surface area contributed by atoms with Crippen molar-refractivity contribution in [2.75, 3.05) is 0 Å². The van der Waals surface area contributed by atoms with Gasteiger partial charge in [0, 0.05) is 10.9 Å². The summed E-state index contributed by atoms with van der Waals surface area (Å²) < 4.78 is 5.47. The van der Waals surface area contributed by atoms with Gasteiger partial charge in [-0.2, -0.15) is 0 Å². The van der Waals surface area contributed by atoms with Crippen LogP contribution in [0.2, 0.25) is 0 Å². The highest BCUT2D eigenvalue weighted by Gasteiger charge is 2.21. The van der Waals surface area contributed by atoms with Gasteiger partial charge in [-0.15, -0.1) is 11.3 Å². The fraction of sp³-hybridized carbons (Fsp3) is 0.136. The lowest BCUT2D eigenvalue weighted by atomic mass is 10.1. The number of aromatic nitrogens is 2. The molecule has 0 aliphatic carbocycles. The van der Waals surface area contributed by atoms with Crippen LogP contribution >= 0.6 is 23.1 Å². The SMILES string of the molecule is C[C@@H](Sc1ncnc2scc(-c3ccccc3)c12)C(=O)OCc1ccccc1. The molecule has 2 aromatic heterocycles. The second-order valence-corrected chi connectivity index (χ2v) is 8.42. The molecule has 140 valence electrons. The minimum Gasteiger partial charge on any atom is -0.460 e. The Kier molecular flexibility index (Phi) is 5.69. The smallest absolute Gasteiger partial charge is 0.319 e. The summed E-state index contributed by atoms with van der Waals surface area (Å²) in [6.07, 6.45) is 1.55. The van der Waals surface area contributed by atoms with E-state index in [0.717, 1.165) is 31.9 Å². The van der Waals surface area contributed by atoms with Crippen LogP contribution < -0.4 is 0 Å². The van der Waals surface area contributed by atoms with Crippen molar-refractivity contribution in [3.05, 3.63) is 77.9 Å². The van der Waals surface area contributed by atoms with Gasteiger partial charge in [0.15, 0.2) is 0 Å². The molecule has 2 aromatic carbocycles. The topological polar surface area (TPSA) is 52.1 Å². The summed E-state index contributed by atoms with van der Waals surface area (Å²) in [5.74, 6) is -0.253. The quantitative estimate of drug-likeness (QED) is 0.238. The summed E-state index contributed by atoms with van der Waals surface area (Å²) in [4.78, 5) is 22.2. The normalized spacial score (nSPS) is 12.0. The van der Waals surface area contributed by atoms with Gasteiger partial charge in [-0.05, 0) is 18.1 Å². The molecule has 0 N–H and O–H groups in total.